The van der Waals surface area contributed by atoms with Gasteiger partial charge >= 0.3 is 0 Å². The Morgan fingerprint density at radius 3 is 2.44 bits per heavy atom. The third kappa shape index (κ3) is 4.42. The summed E-state index contributed by atoms with van der Waals surface area (Å²) in [5.41, 5.74) is 7.23. The molecule has 0 saturated carbocycles. The number of methoxy groups -OCH3 is 1. The first-order valence-corrected chi connectivity index (χ1v) is 9.02. The summed E-state index contributed by atoms with van der Waals surface area (Å²) < 4.78 is 5.14. The number of hydrogen-bond donors (Lipinski definition) is 1. The third-order valence-corrected chi connectivity index (χ3v) is 4.99. The Balaban J connectivity index is 1.57. The number of ether oxygens (including phenoxy) is 1. The number of hydrogen-bond acceptors (Lipinski definition) is 5. The van der Waals surface area contributed by atoms with E-state index in [2.05, 4.69) is 9.97 Å². The van der Waals surface area contributed by atoms with Gasteiger partial charge in [0.2, 0.25) is 5.91 Å². The summed E-state index contributed by atoms with van der Waals surface area (Å²) in [5.74, 6) is 1.30. The fourth-order valence-corrected chi connectivity index (χ4v) is 3.34. The van der Waals surface area contributed by atoms with Gasteiger partial charge in [0.25, 0.3) is 5.91 Å². The molecule has 0 unspecified atom stereocenters. The predicted octanol–water partition coefficient (Wildman–Crippen LogP) is 1.84. The largest absolute Gasteiger partial charge is 0.497 e. The number of aromatic nitrogens is 2. The summed E-state index contributed by atoms with van der Waals surface area (Å²) >= 11 is 0. The van der Waals surface area contributed by atoms with Crippen molar-refractivity contribution in [3.8, 4) is 5.75 Å². The average molecular weight is 368 g/mol. The lowest BCUT2D eigenvalue weighted by Gasteiger charge is -2.31. The van der Waals surface area contributed by atoms with E-state index in [1.54, 1.807) is 14.0 Å². The lowest BCUT2D eigenvalue weighted by molar-refractivity contribution is -0.131. The first kappa shape index (κ1) is 18.8. The van der Waals surface area contributed by atoms with Crippen LogP contribution in [0.25, 0.3) is 0 Å². The molecule has 0 radical (unpaired) electrons. The second kappa shape index (κ2) is 8.16. The molecule has 1 saturated heterocycles. The number of piperidine rings is 1. The summed E-state index contributed by atoms with van der Waals surface area (Å²) in [7, 11) is 1.62. The van der Waals surface area contributed by atoms with E-state index in [4.69, 9.17) is 10.5 Å². The van der Waals surface area contributed by atoms with Gasteiger partial charge in [0.05, 0.1) is 24.8 Å². The summed E-state index contributed by atoms with van der Waals surface area (Å²) in [6, 6.07) is 7.56. The molecule has 0 aliphatic carbocycles. The predicted molar refractivity (Wildman–Crippen MR) is 101 cm³/mol. The van der Waals surface area contributed by atoms with Gasteiger partial charge in [-0.05, 0) is 37.5 Å². The van der Waals surface area contributed by atoms with E-state index < -0.39 is 5.91 Å². The van der Waals surface area contributed by atoms with Crippen LogP contribution >= 0.6 is 0 Å². The van der Waals surface area contributed by atoms with E-state index in [0.29, 0.717) is 30.8 Å². The Morgan fingerprint density at radius 1 is 1.22 bits per heavy atom. The molecule has 27 heavy (non-hydrogen) atoms. The molecule has 2 aromatic rings. The topological polar surface area (TPSA) is 98.4 Å². The Labute approximate surface area is 158 Å². The SMILES string of the molecule is COc1ccc(CC(=O)N2CCC(c3ncc(C(N)=O)c(C)n3)CC2)cc1. The minimum Gasteiger partial charge on any atom is -0.497 e. The number of benzene rings is 1. The van der Waals surface area contributed by atoms with Crippen LogP contribution < -0.4 is 10.5 Å². The lowest BCUT2D eigenvalue weighted by Crippen LogP contribution is -2.39. The van der Waals surface area contributed by atoms with Crippen LogP contribution in [-0.2, 0) is 11.2 Å². The molecule has 2 amide bonds. The van der Waals surface area contributed by atoms with Crippen molar-refractivity contribution in [3.63, 3.8) is 0 Å². The van der Waals surface area contributed by atoms with Crippen molar-refractivity contribution >= 4 is 11.8 Å². The minimum atomic E-state index is -0.516. The van der Waals surface area contributed by atoms with Gasteiger partial charge in [-0.1, -0.05) is 12.1 Å². The number of rotatable bonds is 5. The van der Waals surface area contributed by atoms with E-state index in [9.17, 15) is 9.59 Å². The molecule has 1 aliphatic rings. The Hall–Kier alpha value is -2.96. The molecule has 142 valence electrons. The van der Waals surface area contributed by atoms with Crippen molar-refractivity contribution in [2.24, 2.45) is 5.73 Å². The van der Waals surface area contributed by atoms with Crippen molar-refractivity contribution in [1.29, 1.82) is 0 Å². The van der Waals surface area contributed by atoms with E-state index in [0.717, 1.165) is 30.0 Å². The standard InChI is InChI=1S/C20H24N4O3/c1-13-17(19(21)26)12-22-20(23-13)15-7-9-24(10-8-15)18(25)11-14-3-5-16(27-2)6-4-14/h3-6,12,15H,7-11H2,1-2H3,(H2,21,26). The Bertz CT molecular complexity index is 828. The van der Waals surface area contributed by atoms with Gasteiger partial charge < -0.3 is 15.4 Å². The van der Waals surface area contributed by atoms with Crippen molar-refractivity contribution in [2.75, 3.05) is 20.2 Å². The molecule has 3 rings (SSSR count). The zero-order chi connectivity index (χ0) is 19.4. The number of nitrogens with zero attached hydrogens (tertiary/aromatic N) is 3. The third-order valence-electron chi connectivity index (χ3n) is 4.99. The molecule has 7 nitrogen and oxygen atoms in total. The Kier molecular flexibility index (Phi) is 5.69. The van der Waals surface area contributed by atoms with Crippen LogP contribution in [0.5, 0.6) is 5.75 Å². The zero-order valence-electron chi connectivity index (χ0n) is 15.6. The van der Waals surface area contributed by atoms with Gasteiger partial charge in [-0.2, -0.15) is 0 Å². The monoisotopic (exact) mass is 368 g/mol. The highest BCUT2D eigenvalue weighted by atomic mass is 16.5. The maximum Gasteiger partial charge on any atom is 0.252 e. The number of primary amides is 1. The van der Waals surface area contributed by atoms with Crippen LogP contribution in [0.2, 0.25) is 0 Å². The van der Waals surface area contributed by atoms with E-state index in [1.807, 2.05) is 29.2 Å². The molecule has 7 heteroatoms. The molecule has 1 aliphatic heterocycles. The van der Waals surface area contributed by atoms with Crippen LogP contribution in [0.1, 0.15) is 46.2 Å². The van der Waals surface area contributed by atoms with Crippen molar-refractivity contribution < 1.29 is 14.3 Å². The molecule has 2 heterocycles. The lowest BCUT2D eigenvalue weighted by atomic mass is 9.95. The summed E-state index contributed by atoms with van der Waals surface area (Å²) in [6.45, 7) is 3.12. The molecular weight excluding hydrogens is 344 g/mol. The molecule has 0 spiro atoms. The maximum atomic E-state index is 12.6. The van der Waals surface area contributed by atoms with Gasteiger partial charge in [-0.25, -0.2) is 9.97 Å². The van der Waals surface area contributed by atoms with Crippen LogP contribution in [0.3, 0.4) is 0 Å². The fourth-order valence-electron chi connectivity index (χ4n) is 3.34. The smallest absolute Gasteiger partial charge is 0.252 e. The molecule has 0 atom stereocenters. The first-order chi connectivity index (χ1) is 13.0. The number of nitrogens with two attached hydrogens (primary N) is 1. The summed E-state index contributed by atoms with van der Waals surface area (Å²) in [4.78, 5) is 34.5. The van der Waals surface area contributed by atoms with Crippen LogP contribution in [0.4, 0.5) is 0 Å². The van der Waals surface area contributed by atoms with Crippen LogP contribution in [-0.4, -0.2) is 46.9 Å². The number of amides is 2. The van der Waals surface area contributed by atoms with Gasteiger partial charge in [0, 0.05) is 25.2 Å². The van der Waals surface area contributed by atoms with Gasteiger partial charge in [-0.3, -0.25) is 9.59 Å². The van der Waals surface area contributed by atoms with Crippen molar-refractivity contribution in [3.05, 3.63) is 53.1 Å². The number of carbonyl (C=O) groups is 2. The van der Waals surface area contributed by atoms with Gasteiger partial charge in [0.1, 0.15) is 11.6 Å². The number of likely N-dealkylation sites (tertiary alicyclic amines) is 1. The Morgan fingerprint density at radius 2 is 1.89 bits per heavy atom. The number of carbonyl (C=O) groups excluding carboxylic acids is 2. The fraction of sp³-hybridized carbons (Fsp3) is 0.400. The highest BCUT2D eigenvalue weighted by Crippen LogP contribution is 2.26. The highest BCUT2D eigenvalue weighted by Gasteiger charge is 2.26. The first-order valence-electron chi connectivity index (χ1n) is 9.02. The van der Waals surface area contributed by atoms with Crippen molar-refractivity contribution in [2.45, 2.75) is 32.1 Å². The van der Waals surface area contributed by atoms with E-state index in [-0.39, 0.29) is 11.8 Å². The van der Waals surface area contributed by atoms with Gasteiger partial charge in [-0.15, -0.1) is 0 Å². The quantitative estimate of drug-likeness (QED) is 0.868. The second-order valence-corrected chi connectivity index (χ2v) is 6.77. The molecule has 0 bridgehead atoms. The normalized spacial score (nSPS) is 14.8. The summed E-state index contributed by atoms with van der Waals surface area (Å²) in [6.07, 6.45) is 3.51. The molecular formula is C20H24N4O3. The minimum absolute atomic E-state index is 0.125. The second-order valence-electron chi connectivity index (χ2n) is 6.77. The average Bonchev–Trinajstić information content (AvgIpc) is 2.68. The van der Waals surface area contributed by atoms with Crippen LogP contribution in [0, 0.1) is 6.92 Å². The molecule has 1 fully saturated rings. The zero-order valence-corrected chi connectivity index (χ0v) is 15.6. The molecule has 2 N–H and O–H groups in total. The van der Waals surface area contributed by atoms with E-state index >= 15 is 0 Å². The maximum absolute atomic E-state index is 12.6. The molecule has 1 aromatic heterocycles. The van der Waals surface area contributed by atoms with E-state index in [1.165, 1.54) is 6.20 Å². The van der Waals surface area contributed by atoms with Crippen LogP contribution in [0.15, 0.2) is 30.5 Å². The molecule has 1 aromatic carbocycles. The highest BCUT2D eigenvalue weighted by molar-refractivity contribution is 5.93. The van der Waals surface area contributed by atoms with Gasteiger partial charge in [0.15, 0.2) is 0 Å². The van der Waals surface area contributed by atoms with Crippen molar-refractivity contribution in [1.82, 2.24) is 14.9 Å². The number of aryl methyl sites for hydroxylation is 1. The summed E-state index contributed by atoms with van der Waals surface area (Å²) in [5, 5.41) is 0.